The van der Waals surface area contributed by atoms with Gasteiger partial charge in [-0.15, -0.1) is 0 Å². The molecule has 2 nitrogen and oxygen atoms in total. The molecule has 0 N–H and O–H groups in total. The molecule has 1 aliphatic rings. The Morgan fingerprint density at radius 3 is 1.57 bits per heavy atom. The summed E-state index contributed by atoms with van der Waals surface area (Å²) >= 11 is 1.64. The maximum atomic E-state index is 4.72. The van der Waals surface area contributed by atoms with Crippen LogP contribution in [-0.4, -0.2) is 9.36 Å². The van der Waals surface area contributed by atoms with Crippen molar-refractivity contribution >= 4 is 11.5 Å². The fourth-order valence-electron chi connectivity index (χ4n) is 3.50. The molecule has 1 saturated carbocycles. The molecule has 0 spiro atoms. The second-order valence-electron chi connectivity index (χ2n) is 7.10. The van der Waals surface area contributed by atoms with Gasteiger partial charge in [0, 0.05) is 5.41 Å². The summed E-state index contributed by atoms with van der Waals surface area (Å²) in [6.07, 6.45) is 18.2. The van der Waals surface area contributed by atoms with Crippen LogP contribution in [0.25, 0.3) is 0 Å². The molecule has 1 aromatic heterocycles. The maximum absolute atomic E-state index is 4.72. The van der Waals surface area contributed by atoms with Gasteiger partial charge in [0.15, 0.2) is 0 Å². The van der Waals surface area contributed by atoms with Crippen molar-refractivity contribution < 1.29 is 0 Å². The van der Waals surface area contributed by atoms with Crippen molar-refractivity contribution in [2.75, 3.05) is 0 Å². The van der Waals surface area contributed by atoms with Crippen molar-refractivity contribution in [3.05, 3.63) is 10.8 Å². The van der Waals surface area contributed by atoms with Gasteiger partial charge in [-0.2, -0.15) is 4.37 Å². The minimum atomic E-state index is 0.274. The third-order valence-electron chi connectivity index (χ3n) is 5.00. The van der Waals surface area contributed by atoms with Crippen LogP contribution < -0.4 is 0 Å². The highest BCUT2D eigenvalue weighted by Gasteiger charge is 2.29. The molecule has 0 amide bonds. The Bertz CT molecular complexity index is 386. The summed E-state index contributed by atoms with van der Waals surface area (Å²) in [5, 5.41) is 1.28. The Morgan fingerprint density at radius 2 is 1.19 bits per heavy atom. The molecular formula is C18H32N2S. The van der Waals surface area contributed by atoms with E-state index in [0.717, 1.165) is 5.82 Å². The molecule has 21 heavy (non-hydrogen) atoms. The molecule has 2 rings (SSSR count). The van der Waals surface area contributed by atoms with Crippen LogP contribution in [0.15, 0.2) is 0 Å². The summed E-state index contributed by atoms with van der Waals surface area (Å²) in [7, 11) is 0. The molecule has 0 atom stereocenters. The summed E-state index contributed by atoms with van der Waals surface area (Å²) in [5.41, 5.74) is 0.274. The van der Waals surface area contributed by atoms with Gasteiger partial charge in [0.25, 0.3) is 0 Å². The number of aromatic nitrogens is 2. The highest BCUT2D eigenvalue weighted by Crippen LogP contribution is 2.36. The Hall–Kier alpha value is -0.440. The Labute approximate surface area is 134 Å². The minimum Gasteiger partial charge on any atom is -0.224 e. The van der Waals surface area contributed by atoms with E-state index < -0.39 is 0 Å². The molecular weight excluding hydrogens is 276 g/mol. The zero-order valence-corrected chi connectivity index (χ0v) is 14.8. The smallest absolute Gasteiger partial charge is 0.139 e. The third-order valence-corrected chi connectivity index (χ3v) is 6.11. The van der Waals surface area contributed by atoms with E-state index in [2.05, 4.69) is 11.3 Å². The lowest BCUT2D eigenvalue weighted by atomic mass is 9.80. The Balaban J connectivity index is 1.95. The molecule has 0 radical (unpaired) electrons. The number of aryl methyl sites for hydroxylation is 1. The Kier molecular flexibility index (Phi) is 7.15. The van der Waals surface area contributed by atoms with Crippen LogP contribution in [0.1, 0.15) is 101 Å². The van der Waals surface area contributed by atoms with Gasteiger partial charge in [0.1, 0.15) is 10.8 Å². The fraction of sp³-hybridized carbons (Fsp3) is 0.889. The van der Waals surface area contributed by atoms with Gasteiger partial charge in [0.2, 0.25) is 0 Å². The van der Waals surface area contributed by atoms with Crippen LogP contribution in [0.5, 0.6) is 0 Å². The van der Waals surface area contributed by atoms with E-state index in [-0.39, 0.29) is 5.41 Å². The molecule has 0 saturated heterocycles. The lowest BCUT2D eigenvalue weighted by Crippen LogP contribution is -2.22. The number of rotatable bonds is 1. The second-order valence-corrected chi connectivity index (χ2v) is 7.85. The van der Waals surface area contributed by atoms with Crippen LogP contribution in [0.2, 0.25) is 0 Å². The van der Waals surface area contributed by atoms with Crippen LogP contribution in [-0.2, 0) is 5.41 Å². The standard InChI is InChI=1S/C18H32N2S/c1-16-19-17(21-20-16)18(2)14-12-10-8-6-4-3-5-7-9-11-13-15-18/h3-15H2,1-2H3. The third kappa shape index (κ3) is 5.69. The van der Waals surface area contributed by atoms with Gasteiger partial charge < -0.3 is 0 Å². The van der Waals surface area contributed by atoms with Gasteiger partial charge in [0.05, 0.1) is 0 Å². The molecule has 1 aromatic rings. The van der Waals surface area contributed by atoms with Crippen LogP contribution in [0, 0.1) is 6.92 Å². The van der Waals surface area contributed by atoms with Crippen LogP contribution in [0.4, 0.5) is 0 Å². The minimum absolute atomic E-state index is 0.274. The molecule has 120 valence electrons. The van der Waals surface area contributed by atoms with Gasteiger partial charge >= 0.3 is 0 Å². The van der Waals surface area contributed by atoms with E-state index >= 15 is 0 Å². The van der Waals surface area contributed by atoms with Crippen LogP contribution >= 0.6 is 11.5 Å². The van der Waals surface area contributed by atoms with E-state index in [1.165, 1.54) is 88.5 Å². The van der Waals surface area contributed by atoms with Crippen LogP contribution in [0.3, 0.4) is 0 Å². The van der Waals surface area contributed by atoms with Gasteiger partial charge in [-0.3, -0.25) is 0 Å². The average molecular weight is 309 g/mol. The Morgan fingerprint density at radius 1 is 0.762 bits per heavy atom. The van der Waals surface area contributed by atoms with Crippen molar-refractivity contribution in [1.82, 2.24) is 9.36 Å². The lowest BCUT2D eigenvalue weighted by Gasteiger charge is -2.27. The average Bonchev–Trinajstić information content (AvgIpc) is 2.91. The maximum Gasteiger partial charge on any atom is 0.139 e. The lowest BCUT2D eigenvalue weighted by molar-refractivity contribution is 0.357. The van der Waals surface area contributed by atoms with Gasteiger partial charge in [-0.1, -0.05) is 77.6 Å². The predicted molar refractivity (Wildman–Crippen MR) is 92.0 cm³/mol. The van der Waals surface area contributed by atoms with Crippen molar-refractivity contribution in [2.24, 2.45) is 0 Å². The highest BCUT2D eigenvalue weighted by molar-refractivity contribution is 7.05. The van der Waals surface area contributed by atoms with Crippen molar-refractivity contribution in [3.63, 3.8) is 0 Å². The molecule has 3 heteroatoms. The van der Waals surface area contributed by atoms with E-state index in [0.29, 0.717) is 0 Å². The zero-order chi connectivity index (χ0) is 15.0. The SMILES string of the molecule is Cc1nsc(C2(C)CCCCCCCCCCCCC2)n1. The first-order valence-electron chi connectivity index (χ1n) is 9.01. The van der Waals surface area contributed by atoms with Crippen molar-refractivity contribution in [2.45, 2.75) is 103 Å². The molecule has 1 fully saturated rings. The molecule has 1 aliphatic carbocycles. The predicted octanol–water partition coefficient (Wildman–Crippen LogP) is 6.19. The van der Waals surface area contributed by atoms with E-state index in [1.807, 2.05) is 6.92 Å². The number of nitrogens with zero attached hydrogens (tertiary/aromatic N) is 2. The summed E-state index contributed by atoms with van der Waals surface area (Å²) in [6.45, 7) is 4.45. The first-order valence-corrected chi connectivity index (χ1v) is 9.79. The second kappa shape index (κ2) is 8.87. The topological polar surface area (TPSA) is 25.8 Å². The summed E-state index contributed by atoms with van der Waals surface area (Å²) in [6, 6.07) is 0. The molecule has 0 aliphatic heterocycles. The normalized spacial score (nSPS) is 22.6. The summed E-state index contributed by atoms with van der Waals surface area (Å²) in [4.78, 5) is 4.72. The fourth-order valence-corrected chi connectivity index (χ4v) is 4.36. The first kappa shape index (κ1) is 16.9. The van der Waals surface area contributed by atoms with Crippen molar-refractivity contribution in [3.8, 4) is 0 Å². The quantitative estimate of drug-likeness (QED) is 0.618. The van der Waals surface area contributed by atoms with Crippen molar-refractivity contribution in [1.29, 1.82) is 0 Å². The molecule has 0 unspecified atom stereocenters. The van der Waals surface area contributed by atoms with E-state index in [4.69, 9.17) is 4.98 Å². The van der Waals surface area contributed by atoms with Gasteiger partial charge in [-0.05, 0) is 31.3 Å². The molecule has 1 heterocycles. The summed E-state index contributed by atoms with van der Waals surface area (Å²) in [5.74, 6) is 0.954. The summed E-state index contributed by atoms with van der Waals surface area (Å²) < 4.78 is 4.42. The first-order chi connectivity index (χ1) is 10.2. The number of hydrogen-bond donors (Lipinski definition) is 0. The molecule has 0 aromatic carbocycles. The van der Waals surface area contributed by atoms with E-state index in [1.54, 1.807) is 11.5 Å². The number of hydrogen-bond acceptors (Lipinski definition) is 3. The largest absolute Gasteiger partial charge is 0.224 e. The highest BCUT2D eigenvalue weighted by atomic mass is 32.1. The monoisotopic (exact) mass is 308 g/mol. The van der Waals surface area contributed by atoms with E-state index in [9.17, 15) is 0 Å². The zero-order valence-electron chi connectivity index (χ0n) is 14.0. The van der Waals surface area contributed by atoms with Gasteiger partial charge in [-0.25, -0.2) is 4.98 Å². The molecule has 0 bridgehead atoms.